The SMILES string of the molecule is CC[C@H](C)[C@H](N=Cc1ccc(OC)cc1[O-])C(=O)[O-].c1cc[c]([Sn+2][c]2ccccc2)cc1. The van der Waals surface area contributed by atoms with E-state index in [1.807, 2.05) is 6.92 Å². The van der Waals surface area contributed by atoms with Gasteiger partial charge in [-0.2, -0.15) is 0 Å². The van der Waals surface area contributed by atoms with Gasteiger partial charge in [0.1, 0.15) is 5.75 Å². The summed E-state index contributed by atoms with van der Waals surface area (Å²) in [5.41, 5.74) is 0.329. The summed E-state index contributed by atoms with van der Waals surface area (Å²) in [6.07, 6.45) is 1.96. The zero-order valence-corrected chi connectivity index (χ0v) is 21.4. The Kier molecular flexibility index (Phi) is 10.8. The van der Waals surface area contributed by atoms with Crippen molar-refractivity contribution in [2.75, 3.05) is 7.11 Å². The maximum atomic E-state index is 11.7. The van der Waals surface area contributed by atoms with Gasteiger partial charge in [-0.15, -0.1) is 0 Å². The first-order chi connectivity index (χ1) is 15.4. The second-order valence-electron chi connectivity index (χ2n) is 7.19. The van der Waals surface area contributed by atoms with Crippen LogP contribution < -0.4 is 22.1 Å². The van der Waals surface area contributed by atoms with Crippen molar-refractivity contribution in [3.8, 4) is 11.5 Å². The molecule has 5 nitrogen and oxygen atoms in total. The average molecular weight is 536 g/mol. The van der Waals surface area contributed by atoms with Crippen LogP contribution in [0.1, 0.15) is 25.8 Å². The van der Waals surface area contributed by atoms with Crippen LogP contribution in [0.15, 0.2) is 83.9 Å². The number of methoxy groups -OCH3 is 1. The molecule has 0 aliphatic heterocycles. The van der Waals surface area contributed by atoms with E-state index in [9.17, 15) is 15.0 Å². The number of aliphatic carboxylic acids is 1. The number of hydrogen-bond donors (Lipinski definition) is 0. The van der Waals surface area contributed by atoms with E-state index in [1.165, 1.54) is 26.5 Å². The van der Waals surface area contributed by atoms with Gasteiger partial charge in [-0.05, 0) is 23.6 Å². The molecule has 32 heavy (non-hydrogen) atoms. The molecule has 0 aliphatic carbocycles. The van der Waals surface area contributed by atoms with E-state index >= 15 is 0 Å². The number of nitrogens with zero attached hydrogens (tertiary/aromatic N) is 1. The molecule has 164 valence electrons. The zero-order chi connectivity index (χ0) is 23.3. The maximum absolute atomic E-state index is 11.7. The Balaban J connectivity index is 0.000000242. The summed E-state index contributed by atoms with van der Waals surface area (Å²) in [5.74, 6) is -1.17. The van der Waals surface area contributed by atoms with Gasteiger partial charge in [0.2, 0.25) is 0 Å². The van der Waals surface area contributed by atoms with Crippen LogP contribution in [0.3, 0.4) is 0 Å². The Morgan fingerprint density at radius 2 is 1.59 bits per heavy atom. The number of hydrogen-bond acceptors (Lipinski definition) is 5. The van der Waals surface area contributed by atoms with Crippen LogP contribution >= 0.6 is 0 Å². The first kappa shape index (κ1) is 25.5. The topological polar surface area (TPSA) is 84.8 Å². The molecule has 0 bridgehead atoms. The first-order valence-electron chi connectivity index (χ1n) is 10.4. The third kappa shape index (κ3) is 8.38. The Morgan fingerprint density at radius 1 is 1.03 bits per heavy atom. The van der Waals surface area contributed by atoms with Crippen molar-refractivity contribution in [2.45, 2.75) is 26.3 Å². The number of carbonyl (C=O) groups is 1. The molecule has 0 fully saturated rings. The molecule has 0 saturated heterocycles. The van der Waals surface area contributed by atoms with Crippen molar-refractivity contribution in [1.82, 2.24) is 0 Å². The molecule has 3 aromatic rings. The fourth-order valence-electron chi connectivity index (χ4n) is 2.78. The summed E-state index contributed by atoms with van der Waals surface area (Å²) in [6, 6.07) is 25.2. The minimum absolute atomic E-state index is 0.144. The van der Waals surface area contributed by atoms with Crippen LogP contribution in [0.5, 0.6) is 11.5 Å². The minimum atomic E-state index is -1.23. The summed E-state index contributed by atoms with van der Waals surface area (Å²) in [6.45, 7) is 3.66. The van der Waals surface area contributed by atoms with Crippen molar-refractivity contribution in [3.05, 3.63) is 84.4 Å². The second-order valence-corrected chi connectivity index (χ2v) is 11.2. The van der Waals surface area contributed by atoms with Crippen molar-refractivity contribution in [1.29, 1.82) is 0 Å². The third-order valence-corrected chi connectivity index (χ3v) is 8.41. The number of carboxylic acids is 1. The number of carbonyl (C=O) groups excluding carboxylic acids is 1. The van der Waals surface area contributed by atoms with Crippen LogP contribution in [0.4, 0.5) is 0 Å². The Bertz CT molecular complexity index is 956. The summed E-state index contributed by atoms with van der Waals surface area (Å²) in [5, 5.41) is 22.7. The Labute approximate surface area is 200 Å². The van der Waals surface area contributed by atoms with Crippen LogP contribution in [-0.2, 0) is 4.79 Å². The van der Waals surface area contributed by atoms with E-state index in [-0.39, 0.29) is 11.7 Å². The molecule has 0 amide bonds. The van der Waals surface area contributed by atoms with Gasteiger partial charge in [-0.3, -0.25) is 4.99 Å². The summed E-state index contributed by atoms with van der Waals surface area (Å²) in [4.78, 5) is 14.9. The predicted molar refractivity (Wildman–Crippen MR) is 126 cm³/mol. The summed E-state index contributed by atoms with van der Waals surface area (Å²) in [7, 11) is 1.47. The van der Waals surface area contributed by atoms with Crippen molar-refractivity contribution in [2.24, 2.45) is 10.9 Å². The van der Waals surface area contributed by atoms with Gasteiger partial charge in [0.05, 0.1) is 19.1 Å². The van der Waals surface area contributed by atoms with Gasteiger partial charge in [0, 0.05) is 6.21 Å². The molecule has 2 atom stereocenters. The average Bonchev–Trinajstić information content (AvgIpc) is 2.81. The zero-order valence-electron chi connectivity index (χ0n) is 18.5. The molecule has 0 spiro atoms. The van der Waals surface area contributed by atoms with E-state index in [1.54, 1.807) is 19.1 Å². The summed E-state index contributed by atoms with van der Waals surface area (Å²) < 4.78 is 8.00. The number of rotatable bonds is 8. The molecule has 3 aromatic carbocycles. The van der Waals surface area contributed by atoms with E-state index in [0.29, 0.717) is 17.7 Å². The Hall–Kier alpha value is -2.80. The number of ether oxygens (including phenoxy) is 1. The molecule has 0 radical (unpaired) electrons. The second kappa shape index (κ2) is 13.6. The molecule has 0 unspecified atom stereocenters. The van der Waals surface area contributed by atoms with Crippen LogP contribution in [0, 0.1) is 5.92 Å². The van der Waals surface area contributed by atoms with E-state index in [0.717, 1.165) is 0 Å². The molecular formula is C26H27NO4Sn. The monoisotopic (exact) mass is 537 g/mol. The van der Waals surface area contributed by atoms with Crippen LogP contribution in [-0.4, -0.2) is 46.5 Å². The molecule has 0 saturated carbocycles. The van der Waals surface area contributed by atoms with Gasteiger partial charge in [-0.1, -0.05) is 32.1 Å². The quantitative estimate of drug-likeness (QED) is 0.324. The molecule has 0 aliphatic rings. The van der Waals surface area contributed by atoms with Gasteiger partial charge >= 0.3 is 89.0 Å². The molecular weight excluding hydrogens is 509 g/mol. The third-order valence-electron chi connectivity index (χ3n) is 4.86. The standard InChI is InChI=1S/C14H19NO4.2C6H5.Sn/c1-4-9(2)13(14(17)18)15-8-10-5-6-11(19-3)7-12(10)16;2*1-2-4-6-5-3-1;/h5-9,13,16H,4H2,1-3H3,(H,17,18);2*1-5H;/q;;;+2/p-2/t9-,13-;;;/m0.../s1. The fourth-order valence-corrected chi connectivity index (χ4v) is 5.78. The summed E-state index contributed by atoms with van der Waals surface area (Å²) >= 11 is -0.517. The van der Waals surface area contributed by atoms with Crippen LogP contribution in [0.25, 0.3) is 0 Å². The van der Waals surface area contributed by atoms with Gasteiger partial charge < -0.3 is 19.7 Å². The van der Waals surface area contributed by atoms with Gasteiger partial charge in [0.25, 0.3) is 0 Å². The molecule has 3 rings (SSSR count). The van der Waals surface area contributed by atoms with E-state index in [4.69, 9.17) is 4.74 Å². The molecule has 0 N–H and O–H groups in total. The Morgan fingerprint density at radius 3 is 2.03 bits per heavy atom. The molecule has 0 aromatic heterocycles. The van der Waals surface area contributed by atoms with E-state index in [2.05, 4.69) is 65.7 Å². The molecule has 0 heterocycles. The van der Waals surface area contributed by atoms with E-state index < -0.39 is 33.2 Å². The number of carboxylic acid groups (broad SMARTS) is 1. The molecule has 6 heteroatoms. The van der Waals surface area contributed by atoms with Gasteiger partial charge in [0.15, 0.2) is 0 Å². The predicted octanol–water partition coefficient (Wildman–Crippen LogP) is 1.69. The number of aliphatic imine (C=N–C) groups is 1. The van der Waals surface area contributed by atoms with Crippen molar-refractivity contribution in [3.63, 3.8) is 0 Å². The number of benzene rings is 3. The van der Waals surface area contributed by atoms with Gasteiger partial charge in [-0.25, -0.2) is 0 Å². The van der Waals surface area contributed by atoms with Crippen LogP contribution in [0.2, 0.25) is 0 Å². The normalized spacial score (nSPS) is 12.2. The van der Waals surface area contributed by atoms with Crippen molar-refractivity contribution >= 4 is 40.5 Å². The van der Waals surface area contributed by atoms with Crippen molar-refractivity contribution < 1.29 is 19.7 Å². The fraction of sp³-hybridized carbons (Fsp3) is 0.231. The first-order valence-corrected chi connectivity index (χ1v) is 13.3.